The Bertz CT molecular complexity index is 454. The zero-order valence-electron chi connectivity index (χ0n) is 11.5. The average molecular weight is 245 g/mol. The number of hydrogen-bond donors (Lipinski definition) is 0. The van der Waals surface area contributed by atoms with E-state index in [9.17, 15) is 0 Å². The molecule has 1 aromatic heterocycles. The highest BCUT2D eigenvalue weighted by molar-refractivity contribution is 5.25. The summed E-state index contributed by atoms with van der Waals surface area (Å²) in [4.78, 5) is 2.41. The van der Waals surface area contributed by atoms with E-state index in [0.717, 1.165) is 19.0 Å². The number of rotatable bonds is 2. The van der Waals surface area contributed by atoms with E-state index in [2.05, 4.69) is 41.3 Å². The molecule has 0 aromatic carbocycles. The fraction of sp³-hybridized carbons (Fsp3) is 0.667. The lowest BCUT2D eigenvalue weighted by molar-refractivity contribution is 0.191. The number of nitrogens with zero attached hydrogens (tertiary/aromatic N) is 3. The maximum atomic E-state index is 4.61. The van der Waals surface area contributed by atoms with Gasteiger partial charge < -0.3 is 4.90 Å². The lowest BCUT2D eigenvalue weighted by atomic mass is 9.97. The summed E-state index contributed by atoms with van der Waals surface area (Å²) in [6.07, 6.45) is 7.59. The Morgan fingerprint density at radius 1 is 1.39 bits per heavy atom. The summed E-state index contributed by atoms with van der Waals surface area (Å²) in [7, 11) is 0. The van der Waals surface area contributed by atoms with Gasteiger partial charge in [0.25, 0.3) is 0 Å². The molecule has 98 valence electrons. The number of fused-ring (bicyclic) bond motifs is 1. The lowest BCUT2D eigenvalue weighted by Crippen LogP contribution is -2.40. The van der Waals surface area contributed by atoms with Gasteiger partial charge in [-0.3, -0.25) is 4.68 Å². The van der Waals surface area contributed by atoms with E-state index in [1.807, 2.05) is 0 Å². The predicted octanol–water partition coefficient (Wildman–Crippen LogP) is 3.28. The monoisotopic (exact) mass is 245 g/mol. The van der Waals surface area contributed by atoms with Gasteiger partial charge in [0.2, 0.25) is 0 Å². The minimum Gasteiger partial charge on any atom is -0.365 e. The second kappa shape index (κ2) is 4.45. The first-order chi connectivity index (χ1) is 8.66. The van der Waals surface area contributed by atoms with Crippen LogP contribution in [0.5, 0.6) is 0 Å². The Labute approximate surface area is 109 Å². The maximum Gasteiger partial charge on any atom is 0.0614 e. The molecule has 1 aliphatic heterocycles. The molecule has 1 atom stereocenters. The molecule has 0 spiro atoms. The molecule has 0 N–H and O–H groups in total. The van der Waals surface area contributed by atoms with Crippen LogP contribution in [0.1, 0.15) is 56.7 Å². The van der Waals surface area contributed by atoms with Gasteiger partial charge in [-0.2, -0.15) is 5.10 Å². The molecule has 3 rings (SSSR count). The number of allylic oxidation sites excluding steroid dienone is 1. The van der Waals surface area contributed by atoms with E-state index >= 15 is 0 Å². The zero-order valence-corrected chi connectivity index (χ0v) is 11.5. The molecule has 1 saturated carbocycles. The molecule has 3 nitrogen and oxygen atoms in total. The van der Waals surface area contributed by atoms with Gasteiger partial charge in [0.1, 0.15) is 0 Å². The molecule has 1 fully saturated rings. The molecule has 18 heavy (non-hydrogen) atoms. The summed E-state index contributed by atoms with van der Waals surface area (Å²) < 4.78 is 2.22. The van der Waals surface area contributed by atoms with Gasteiger partial charge in [0, 0.05) is 11.7 Å². The molecule has 2 heterocycles. The van der Waals surface area contributed by atoms with E-state index in [0.29, 0.717) is 6.04 Å². The first-order valence-electron chi connectivity index (χ1n) is 7.13. The summed E-state index contributed by atoms with van der Waals surface area (Å²) in [5.41, 5.74) is 4.11. The van der Waals surface area contributed by atoms with Crippen molar-refractivity contribution >= 4 is 0 Å². The second-order valence-corrected chi connectivity index (χ2v) is 5.92. The third-order valence-corrected chi connectivity index (χ3v) is 4.56. The number of aromatic nitrogens is 2. The van der Waals surface area contributed by atoms with Gasteiger partial charge in [0.15, 0.2) is 0 Å². The lowest BCUT2D eigenvalue weighted by Gasteiger charge is -2.36. The van der Waals surface area contributed by atoms with Gasteiger partial charge in [-0.05, 0) is 38.2 Å². The molecule has 2 aliphatic rings. The van der Waals surface area contributed by atoms with Gasteiger partial charge in [-0.15, -0.1) is 0 Å². The summed E-state index contributed by atoms with van der Waals surface area (Å²) >= 11 is 0. The standard InChI is InChI=1S/C15H23N3/c1-11(2)17-10-15-14(13-6-4-5-7-13)8-16-18(15)9-12(17)3/h8,12-13H,1,4-7,9-10H2,2-3H3. The molecular formula is C15H23N3. The Kier molecular flexibility index (Phi) is 2.92. The van der Waals surface area contributed by atoms with E-state index in [1.54, 1.807) is 0 Å². The Morgan fingerprint density at radius 3 is 2.78 bits per heavy atom. The van der Waals surface area contributed by atoms with Gasteiger partial charge >= 0.3 is 0 Å². The van der Waals surface area contributed by atoms with Crippen molar-refractivity contribution in [3.8, 4) is 0 Å². The molecular weight excluding hydrogens is 222 g/mol. The molecule has 0 bridgehead atoms. The fourth-order valence-electron chi connectivity index (χ4n) is 3.51. The van der Waals surface area contributed by atoms with E-state index in [1.165, 1.54) is 42.6 Å². The normalized spacial score (nSPS) is 24.3. The molecule has 0 amide bonds. The molecule has 1 aliphatic carbocycles. The van der Waals surface area contributed by atoms with E-state index in [-0.39, 0.29) is 0 Å². The highest BCUT2D eigenvalue weighted by Crippen LogP contribution is 2.37. The van der Waals surface area contributed by atoms with Crippen molar-refractivity contribution in [1.29, 1.82) is 0 Å². The van der Waals surface area contributed by atoms with Crippen molar-refractivity contribution in [3.05, 3.63) is 29.7 Å². The van der Waals surface area contributed by atoms with Gasteiger partial charge in [-0.1, -0.05) is 19.4 Å². The van der Waals surface area contributed by atoms with Crippen LogP contribution in [0.3, 0.4) is 0 Å². The minimum absolute atomic E-state index is 0.506. The van der Waals surface area contributed by atoms with Crippen molar-refractivity contribution in [3.63, 3.8) is 0 Å². The third kappa shape index (κ3) is 1.86. The van der Waals surface area contributed by atoms with Crippen LogP contribution in [-0.2, 0) is 13.1 Å². The predicted molar refractivity (Wildman–Crippen MR) is 73.3 cm³/mol. The van der Waals surface area contributed by atoms with Crippen molar-refractivity contribution in [2.24, 2.45) is 0 Å². The Balaban J connectivity index is 1.91. The quantitative estimate of drug-likeness (QED) is 0.797. The largest absolute Gasteiger partial charge is 0.365 e. The molecule has 0 saturated heterocycles. The third-order valence-electron chi connectivity index (χ3n) is 4.56. The SMILES string of the molecule is C=C(C)N1Cc2c(C3CCCC3)cnn2CC1C. The fourth-order valence-corrected chi connectivity index (χ4v) is 3.51. The molecule has 0 radical (unpaired) electrons. The highest BCUT2D eigenvalue weighted by atomic mass is 15.3. The second-order valence-electron chi connectivity index (χ2n) is 5.92. The Hall–Kier alpha value is -1.25. The van der Waals surface area contributed by atoms with Crippen LogP contribution in [-0.4, -0.2) is 20.7 Å². The van der Waals surface area contributed by atoms with Crippen LogP contribution in [0.2, 0.25) is 0 Å². The molecule has 1 aromatic rings. The van der Waals surface area contributed by atoms with Crippen molar-refractivity contribution < 1.29 is 0 Å². The zero-order chi connectivity index (χ0) is 12.7. The molecule has 3 heteroatoms. The molecule has 1 unspecified atom stereocenters. The summed E-state index contributed by atoms with van der Waals surface area (Å²) in [5, 5.41) is 4.61. The van der Waals surface area contributed by atoms with Crippen LogP contribution in [0, 0.1) is 0 Å². The van der Waals surface area contributed by atoms with Crippen LogP contribution in [0.4, 0.5) is 0 Å². The first-order valence-corrected chi connectivity index (χ1v) is 7.13. The van der Waals surface area contributed by atoms with E-state index in [4.69, 9.17) is 0 Å². The van der Waals surface area contributed by atoms with Gasteiger partial charge in [-0.25, -0.2) is 0 Å². The number of hydrogen-bond acceptors (Lipinski definition) is 2. The Morgan fingerprint density at radius 2 is 2.11 bits per heavy atom. The smallest absolute Gasteiger partial charge is 0.0614 e. The summed E-state index contributed by atoms with van der Waals surface area (Å²) in [6, 6.07) is 0.506. The van der Waals surface area contributed by atoms with Crippen molar-refractivity contribution in [2.45, 2.75) is 64.6 Å². The van der Waals surface area contributed by atoms with Crippen LogP contribution in [0.15, 0.2) is 18.5 Å². The summed E-state index contributed by atoms with van der Waals surface area (Å²) in [6.45, 7) is 10.5. The maximum absolute atomic E-state index is 4.61. The van der Waals surface area contributed by atoms with Crippen molar-refractivity contribution in [1.82, 2.24) is 14.7 Å². The van der Waals surface area contributed by atoms with Crippen LogP contribution < -0.4 is 0 Å². The van der Waals surface area contributed by atoms with Crippen molar-refractivity contribution in [2.75, 3.05) is 0 Å². The van der Waals surface area contributed by atoms with Crippen LogP contribution >= 0.6 is 0 Å². The average Bonchev–Trinajstić information content (AvgIpc) is 2.94. The highest BCUT2D eigenvalue weighted by Gasteiger charge is 2.29. The first kappa shape index (κ1) is 11.8. The topological polar surface area (TPSA) is 21.1 Å². The van der Waals surface area contributed by atoms with Gasteiger partial charge in [0.05, 0.1) is 25.0 Å². The summed E-state index contributed by atoms with van der Waals surface area (Å²) in [5.74, 6) is 0.758. The van der Waals surface area contributed by atoms with Crippen LogP contribution in [0.25, 0.3) is 0 Å². The van der Waals surface area contributed by atoms with E-state index < -0.39 is 0 Å². The minimum atomic E-state index is 0.506.